The van der Waals surface area contributed by atoms with Gasteiger partial charge in [0, 0.05) is 11.4 Å². The zero-order valence-corrected chi connectivity index (χ0v) is 30.6. The molecule has 0 saturated heterocycles. The number of hydrogen-bond acceptors (Lipinski definition) is 17. The molecule has 2 aromatic heterocycles. The van der Waals surface area contributed by atoms with Crippen LogP contribution in [0.25, 0.3) is 12.2 Å². The van der Waals surface area contributed by atoms with Gasteiger partial charge in [-0.05, 0) is 47.0 Å². The van der Waals surface area contributed by atoms with Crippen molar-refractivity contribution < 1.29 is 99.3 Å². The van der Waals surface area contributed by atoms with Gasteiger partial charge in [-0.1, -0.05) is 24.3 Å². The molecule has 2 heterocycles. The molecule has 4 rings (SSSR count). The van der Waals surface area contributed by atoms with E-state index < -0.39 is 30.0 Å². The van der Waals surface area contributed by atoms with Crippen LogP contribution in [0.4, 0.5) is 23.3 Å². The Labute approximate surface area is 306 Å². The number of anilines is 4. The monoisotopic (exact) mass is 696 g/mol. The molecule has 0 fully saturated rings. The van der Waals surface area contributed by atoms with Crippen LogP contribution in [0.3, 0.4) is 0 Å². The Hall–Kier alpha value is -2.69. The maximum Gasteiger partial charge on any atom is 1.00 e. The van der Waals surface area contributed by atoms with Crippen molar-refractivity contribution in [1.82, 2.24) is 29.9 Å². The quantitative estimate of drug-likeness (QED) is 0.0867. The molecule has 0 aliphatic heterocycles. The van der Waals surface area contributed by atoms with Crippen molar-refractivity contribution in [3.05, 3.63) is 52.8 Å². The predicted molar refractivity (Wildman–Crippen MR) is 149 cm³/mol. The first-order valence-corrected chi connectivity index (χ1v) is 14.7. The van der Waals surface area contributed by atoms with E-state index in [9.17, 15) is 25.9 Å². The number of rotatable bonds is 11. The molecule has 2 aromatic carbocycles. The fourth-order valence-electron chi connectivity index (χ4n) is 3.43. The van der Waals surface area contributed by atoms with E-state index in [0.717, 1.165) is 24.3 Å². The summed E-state index contributed by atoms with van der Waals surface area (Å²) in [7, 11) is -6.14. The first kappa shape index (κ1) is 38.5. The molecule has 45 heavy (non-hydrogen) atoms. The first-order chi connectivity index (χ1) is 20.3. The molecular weight excluding hydrogens is 678 g/mol. The molecule has 0 aliphatic rings. The number of nitrogens with zero attached hydrogens (tertiary/aromatic N) is 6. The minimum absolute atomic E-state index is 0. The third-order valence-electron chi connectivity index (χ3n) is 5.25. The molecular formula is C23H19ClN8Na2O9S2. The molecule has 0 unspecified atom stereocenters. The number of ether oxygens (including phenoxy) is 3. The zero-order valence-electron chi connectivity index (χ0n) is 24.2. The number of benzene rings is 2. The van der Waals surface area contributed by atoms with E-state index in [2.05, 4.69) is 40.5 Å². The van der Waals surface area contributed by atoms with Crippen molar-refractivity contribution in [2.75, 3.05) is 32.0 Å². The Kier molecular flexibility index (Phi) is 13.9. The second kappa shape index (κ2) is 16.2. The number of halogens is 1. The molecule has 0 atom stereocenters. The van der Waals surface area contributed by atoms with Gasteiger partial charge in [0.2, 0.25) is 17.2 Å². The smallest absolute Gasteiger partial charge is 0.744 e. The Bertz CT molecular complexity index is 1920. The van der Waals surface area contributed by atoms with E-state index >= 15 is 0 Å². The summed E-state index contributed by atoms with van der Waals surface area (Å²) in [5.41, 5.74) is -0.00157. The topological polar surface area (TPSA) is 243 Å². The van der Waals surface area contributed by atoms with E-state index in [1.807, 2.05) is 0 Å². The number of aromatic nitrogens is 6. The van der Waals surface area contributed by atoms with E-state index in [0.29, 0.717) is 0 Å². The molecule has 22 heteroatoms. The summed E-state index contributed by atoms with van der Waals surface area (Å²) in [6.45, 7) is 0. The zero-order chi connectivity index (χ0) is 31.4. The molecule has 2 N–H and O–H groups in total. The third-order valence-corrected chi connectivity index (χ3v) is 7.20. The third kappa shape index (κ3) is 10.4. The van der Waals surface area contributed by atoms with Crippen LogP contribution in [0.1, 0.15) is 11.1 Å². The van der Waals surface area contributed by atoms with Gasteiger partial charge < -0.3 is 33.9 Å². The van der Waals surface area contributed by atoms with Crippen molar-refractivity contribution in [2.45, 2.75) is 9.79 Å². The van der Waals surface area contributed by atoms with Crippen LogP contribution in [0.5, 0.6) is 18.0 Å². The largest absolute Gasteiger partial charge is 1.00 e. The van der Waals surface area contributed by atoms with E-state index in [-0.39, 0.29) is 117 Å². The minimum Gasteiger partial charge on any atom is -0.744 e. The molecule has 226 valence electrons. The van der Waals surface area contributed by atoms with Gasteiger partial charge in [-0.15, -0.1) is 4.98 Å². The average molecular weight is 697 g/mol. The Morgan fingerprint density at radius 1 is 0.644 bits per heavy atom. The van der Waals surface area contributed by atoms with Crippen molar-refractivity contribution in [1.29, 1.82) is 0 Å². The summed E-state index contributed by atoms with van der Waals surface area (Å²) in [5, 5.41) is 5.21. The second-order valence-corrected chi connectivity index (χ2v) is 11.1. The summed E-state index contributed by atoms with van der Waals surface area (Å²) in [4.78, 5) is 22.0. The summed E-state index contributed by atoms with van der Waals surface area (Å²) in [6.07, 6.45) is 2.33. The van der Waals surface area contributed by atoms with Crippen molar-refractivity contribution >= 4 is 67.3 Å². The van der Waals surface area contributed by atoms with Gasteiger partial charge >= 0.3 is 77.1 Å². The van der Waals surface area contributed by atoms with Crippen LogP contribution in [0.2, 0.25) is 5.28 Å². The number of nitrogens with one attached hydrogen (secondary N) is 2. The van der Waals surface area contributed by atoms with E-state index in [4.69, 9.17) is 25.8 Å². The summed E-state index contributed by atoms with van der Waals surface area (Å²) < 4.78 is 87.3. The van der Waals surface area contributed by atoms with Crippen LogP contribution >= 0.6 is 11.6 Å². The van der Waals surface area contributed by atoms with Crippen LogP contribution in [-0.4, -0.2) is 77.2 Å². The maximum atomic E-state index is 12.1. The molecule has 4 aromatic rings. The van der Waals surface area contributed by atoms with Gasteiger partial charge in [-0.3, -0.25) is 0 Å². The van der Waals surface area contributed by atoms with Gasteiger partial charge in [0.15, 0.2) is 0 Å². The van der Waals surface area contributed by atoms with Gasteiger partial charge in [0.25, 0.3) is 0 Å². The Balaban J connectivity index is 0.00000353. The minimum atomic E-state index is -5.04. The molecule has 0 spiro atoms. The normalized spacial score (nSPS) is 11.2. The van der Waals surface area contributed by atoms with Crippen molar-refractivity contribution in [3.8, 4) is 18.0 Å². The summed E-state index contributed by atoms with van der Waals surface area (Å²) in [6, 6.07) is 7.10. The molecule has 0 aliphatic carbocycles. The van der Waals surface area contributed by atoms with Crippen LogP contribution in [0, 0.1) is 0 Å². The van der Waals surface area contributed by atoms with E-state index in [1.54, 1.807) is 0 Å². The molecule has 0 radical (unpaired) electrons. The standard InChI is InChI=1S/C23H21ClN8O9S2.2Na/c1-39-21-28-18(24)27-19(29-21)25-14-8-6-12(16(10-14)42(33,34)35)4-5-13-7-9-15(11-17(13)43(36,37)38)26-20-30-22(40-2)32-23(31-20)41-3;;/h4-11H,1-3H3,(H,33,34,35)(H,36,37,38)(H,25,27,28,29)(H,26,30,31,32);;/q;2*+1/p-2/b5-4+;;. The van der Waals surface area contributed by atoms with Gasteiger partial charge in [0.1, 0.15) is 20.2 Å². The van der Waals surface area contributed by atoms with Gasteiger partial charge in [0.05, 0.1) is 31.1 Å². The van der Waals surface area contributed by atoms with Crippen molar-refractivity contribution in [3.63, 3.8) is 0 Å². The summed E-state index contributed by atoms with van der Waals surface area (Å²) in [5.74, 6) is -0.166. The molecule has 0 amide bonds. The SMILES string of the molecule is COc1nc(Cl)nc(Nc2ccc(/C=C/c3ccc(Nc4nc(OC)nc(OC)n4)cc3S(=O)(=O)[O-])c(S(=O)(=O)[O-])c2)n1.[Na+].[Na+]. The average Bonchev–Trinajstić information content (AvgIpc) is 2.95. The van der Waals surface area contributed by atoms with Crippen LogP contribution in [0.15, 0.2) is 46.2 Å². The Morgan fingerprint density at radius 3 is 1.40 bits per heavy atom. The fraction of sp³-hybridized carbons (Fsp3) is 0.130. The van der Waals surface area contributed by atoms with Crippen molar-refractivity contribution in [2.24, 2.45) is 0 Å². The molecule has 0 saturated carbocycles. The van der Waals surface area contributed by atoms with Crippen LogP contribution < -0.4 is 84.0 Å². The fourth-order valence-corrected chi connectivity index (χ4v) is 4.97. The first-order valence-electron chi connectivity index (χ1n) is 11.5. The molecule has 17 nitrogen and oxygen atoms in total. The number of methoxy groups -OCH3 is 3. The molecule has 0 bridgehead atoms. The Morgan fingerprint density at radius 2 is 1.02 bits per heavy atom. The van der Waals surface area contributed by atoms with Crippen LogP contribution in [-0.2, 0) is 20.2 Å². The van der Waals surface area contributed by atoms with Gasteiger partial charge in [-0.25, -0.2) is 16.8 Å². The van der Waals surface area contributed by atoms with E-state index in [1.165, 1.54) is 45.6 Å². The maximum absolute atomic E-state index is 12.1. The van der Waals surface area contributed by atoms with Gasteiger partial charge in [-0.2, -0.15) is 24.9 Å². The summed E-state index contributed by atoms with van der Waals surface area (Å²) >= 11 is 5.82. The predicted octanol–water partition coefficient (Wildman–Crippen LogP) is -3.79. The second-order valence-electron chi connectivity index (χ2n) is 8.04. The number of hydrogen-bond donors (Lipinski definition) is 2.